The summed E-state index contributed by atoms with van der Waals surface area (Å²) in [7, 11) is 0. The summed E-state index contributed by atoms with van der Waals surface area (Å²) in [5.41, 5.74) is 2.15. The molecule has 0 amide bonds. The highest BCUT2D eigenvalue weighted by Crippen LogP contribution is 2.22. The predicted molar refractivity (Wildman–Crippen MR) is 66.9 cm³/mol. The van der Waals surface area contributed by atoms with Crippen molar-refractivity contribution < 1.29 is 0 Å². The van der Waals surface area contributed by atoms with Crippen LogP contribution >= 0.6 is 15.9 Å². The second-order valence-electron chi connectivity index (χ2n) is 3.62. The fourth-order valence-corrected chi connectivity index (χ4v) is 2.02. The number of rotatable bonds is 5. The van der Waals surface area contributed by atoms with Gasteiger partial charge >= 0.3 is 0 Å². The predicted octanol–water partition coefficient (Wildman–Crippen LogP) is 2.32. The van der Waals surface area contributed by atoms with Crippen LogP contribution < -0.4 is 0 Å². The third-order valence-corrected chi connectivity index (χ3v) is 3.60. The van der Waals surface area contributed by atoms with E-state index in [2.05, 4.69) is 45.8 Å². The van der Waals surface area contributed by atoms with E-state index in [-0.39, 0.29) is 0 Å². The molecule has 0 aromatic carbocycles. The lowest BCUT2D eigenvalue weighted by Crippen LogP contribution is -2.25. The van der Waals surface area contributed by atoms with Gasteiger partial charge in [0.15, 0.2) is 0 Å². The lowest BCUT2D eigenvalue weighted by atomic mass is 10.3. The van der Waals surface area contributed by atoms with Gasteiger partial charge in [-0.05, 0) is 36.3 Å². The summed E-state index contributed by atoms with van der Waals surface area (Å²) in [4.78, 5) is 2.09. The van der Waals surface area contributed by atoms with Crippen molar-refractivity contribution in [1.29, 1.82) is 5.26 Å². The molecule has 88 valence electrons. The normalized spacial score (nSPS) is 10.8. The van der Waals surface area contributed by atoms with Crippen molar-refractivity contribution >= 4 is 15.9 Å². The molecule has 0 aliphatic rings. The third-order valence-electron chi connectivity index (χ3n) is 2.57. The molecular weight excluding hydrogens is 268 g/mol. The lowest BCUT2D eigenvalue weighted by molar-refractivity contribution is 0.303. The van der Waals surface area contributed by atoms with E-state index < -0.39 is 0 Å². The first-order valence-corrected chi connectivity index (χ1v) is 6.24. The van der Waals surface area contributed by atoms with Gasteiger partial charge in [-0.25, -0.2) is 0 Å². The number of aryl methyl sites for hydroxylation is 2. The molecule has 1 rings (SSSR count). The van der Waals surface area contributed by atoms with Crippen LogP contribution in [0.25, 0.3) is 0 Å². The molecule has 0 N–H and O–H groups in total. The molecule has 0 spiro atoms. The Hall–Kier alpha value is -0.860. The Kier molecular flexibility index (Phi) is 4.97. The van der Waals surface area contributed by atoms with E-state index in [9.17, 15) is 0 Å². The molecule has 0 aliphatic heterocycles. The van der Waals surface area contributed by atoms with Gasteiger partial charge in [-0.2, -0.15) is 10.4 Å². The lowest BCUT2D eigenvalue weighted by Gasteiger charge is -2.17. The highest BCUT2D eigenvalue weighted by molar-refractivity contribution is 9.10. The number of halogens is 1. The highest BCUT2D eigenvalue weighted by Gasteiger charge is 2.14. The van der Waals surface area contributed by atoms with Crippen molar-refractivity contribution in [2.75, 3.05) is 13.1 Å². The van der Waals surface area contributed by atoms with Gasteiger partial charge in [0.1, 0.15) is 0 Å². The maximum atomic E-state index is 8.72. The molecule has 16 heavy (non-hydrogen) atoms. The fraction of sp³-hybridized carbons (Fsp3) is 0.636. The minimum atomic E-state index is 0.455. The third kappa shape index (κ3) is 2.83. The van der Waals surface area contributed by atoms with E-state index in [1.54, 1.807) is 0 Å². The molecule has 0 aliphatic carbocycles. The number of aromatic nitrogens is 2. The molecule has 4 nitrogen and oxygen atoms in total. The summed E-state index contributed by atoms with van der Waals surface area (Å²) in [5, 5.41) is 13.2. The second-order valence-corrected chi connectivity index (χ2v) is 4.42. The Morgan fingerprint density at radius 1 is 1.50 bits per heavy atom. The quantitative estimate of drug-likeness (QED) is 0.780. The van der Waals surface area contributed by atoms with Crippen LogP contribution in [0.4, 0.5) is 0 Å². The minimum absolute atomic E-state index is 0.455. The zero-order valence-electron chi connectivity index (χ0n) is 10.00. The molecule has 5 heteroatoms. The minimum Gasteiger partial charge on any atom is -0.285 e. The van der Waals surface area contributed by atoms with E-state index in [1.165, 1.54) is 0 Å². The molecule has 0 saturated carbocycles. The Bertz CT molecular complexity index is 391. The molecule has 1 heterocycles. The van der Waals surface area contributed by atoms with Crippen LogP contribution in [0.2, 0.25) is 0 Å². The van der Waals surface area contributed by atoms with Crippen LogP contribution in [0.3, 0.4) is 0 Å². The van der Waals surface area contributed by atoms with Gasteiger partial charge in [-0.3, -0.25) is 9.58 Å². The Labute approximate surface area is 105 Å². The average molecular weight is 285 g/mol. The van der Waals surface area contributed by atoms with Crippen molar-refractivity contribution in [3.63, 3.8) is 0 Å². The monoisotopic (exact) mass is 284 g/mol. The Morgan fingerprint density at radius 2 is 2.19 bits per heavy atom. The average Bonchev–Trinajstić information content (AvgIpc) is 2.55. The first-order chi connectivity index (χ1) is 7.63. The molecule has 0 fully saturated rings. The highest BCUT2D eigenvalue weighted by atomic mass is 79.9. The van der Waals surface area contributed by atoms with Crippen molar-refractivity contribution in [2.24, 2.45) is 0 Å². The zero-order chi connectivity index (χ0) is 12.1. The van der Waals surface area contributed by atoms with Crippen LogP contribution in [0.1, 0.15) is 25.2 Å². The molecule has 0 radical (unpaired) electrons. The summed E-state index contributed by atoms with van der Waals surface area (Å²) in [6.07, 6.45) is 0. The summed E-state index contributed by atoms with van der Waals surface area (Å²) < 4.78 is 3.05. The summed E-state index contributed by atoms with van der Waals surface area (Å²) >= 11 is 3.56. The molecule has 1 aromatic heterocycles. The zero-order valence-corrected chi connectivity index (χ0v) is 11.6. The second kappa shape index (κ2) is 6.02. The molecule has 0 atom stereocenters. The largest absolute Gasteiger partial charge is 0.285 e. The van der Waals surface area contributed by atoms with Crippen LogP contribution in [0.15, 0.2) is 4.47 Å². The maximum absolute atomic E-state index is 8.72. The fourth-order valence-electron chi connectivity index (χ4n) is 1.61. The summed E-state index contributed by atoms with van der Waals surface area (Å²) in [6.45, 7) is 9.06. The number of hydrogen-bond acceptors (Lipinski definition) is 3. The van der Waals surface area contributed by atoms with Crippen molar-refractivity contribution in [3.05, 3.63) is 15.9 Å². The van der Waals surface area contributed by atoms with E-state index in [0.717, 1.165) is 35.5 Å². The topological polar surface area (TPSA) is 44.9 Å². The SMILES string of the molecule is CCN(CC#N)Cc1c(Br)c(C)nn1CC. The first kappa shape index (κ1) is 13.2. The molecule has 0 unspecified atom stereocenters. The van der Waals surface area contributed by atoms with Crippen LogP contribution in [-0.2, 0) is 13.1 Å². The molecular formula is C11H17BrN4. The smallest absolute Gasteiger partial charge is 0.0869 e. The van der Waals surface area contributed by atoms with E-state index in [0.29, 0.717) is 6.54 Å². The molecule has 1 aromatic rings. The molecule has 0 saturated heterocycles. The van der Waals surface area contributed by atoms with E-state index in [1.807, 2.05) is 11.6 Å². The summed E-state index contributed by atoms with van der Waals surface area (Å²) in [5.74, 6) is 0. The summed E-state index contributed by atoms with van der Waals surface area (Å²) in [6, 6.07) is 2.18. The van der Waals surface area contributed by atoms with Gasteiger partial charge in [0.25, 0.3) is 0 Å². The van der Waals surface area contributed by atoms with Crippen molar-refractivity contribution in [3.8, 4) is 6.07 Å². The van der Waals surface area contributed by atoms with Crippen molar-refractivity contribution in [2.45, 2.75) is 33.9 Å². The van der Waals surface area contributed by atoms with E-state index in [4.69, 9.17) is 5.26 Å². The Balaban J connectivity index is 2.90. The van der Waals surface area contributed by atoms with Gasteiger partial charge in [-0.15, -0.1) is 0 Å². The van der Waals surface area contributed by atoms with Crippen LogP contribution in [0, 0.1) is 18.3 Å². The standard InChI is InChI=1S/C11H17BrN4/c1-4-15(7-6-13)8-10-11(12)9(3)14-16(10)5-2/h4-5,7-8H2,1-3H3. The van der Waals surface area contributed by atoms with Crippen LogP contribution in [0.5, 0.6) is 0 Å². The number of nitriles is 1. The molecule has 0 bridgehead atoms. The Morgan fingerprint density at radius 3 is 2.69 bits per heavy atom. The van der Waals surface area contributed by atoms with Gasteiger partial charge in [0.05, 0.1) is 28.5 Å². The maximum Gasteiger partial charge on any atom is 0.0869 e. The van der Waals surface area contributed by atoms with Crippen LogP contribution in [-0.4, -0.2) is 27.8 Å². The van der Waals surface area contributed by atoms with Gasteiger partial charge in [-0.1, -0.05) is 6.92 Å². The van der Waals surface area contributed by atoms with Gasteiger partial charge in [0, 0.05) is 13.1 Å². The van der Waals surface area contributed by atoms with E-state index >= 15 is 0 Å². The van der Waals surface area contributed by atoms with Gasteiger partial charge < -0.3 is 0 Å². The van der Waals surface area contributed by atoms with Gasteiger partial charge in [0.2, 0.25) is 0 Å². The number of hydrogen-bond donors (Lipinski definition) is 0. The van der Waals surface area contributed by atoms with Crippen molar-refractivity contribution in [1.82, 2.24) is 14.7 Å². The first-order valence-electron chi connectivity index (χ1n) is 5.45. The number of nitrogens with zero attached hydrogens (tertiary/aromatic N) is 4.